The fraction of sp³-hybridized carbons (Fsp3) is 0.133. The molecular weight excluding hydrogens is 364 g/mol. The van der Waals surface area contributed by atoms with E-state index in [0.717, 1.165) is 22.4 Å². The van der Waals surface area contributed by atoms with E-state index in [2.05, 4.69) is 9.55 Å². The van der Waals surface area contributed by atoms with Crippen LogP contribution in [-0.4, -0.2) is 9.55 Å². The molecule has 0 radical (unpaired) electrons. The molecule has 0 aliphatic heterocycles. The van der Waals surface area contributed by atoms with Gasteiger partial charge in [0.2, 0.25) is 0 Å². The van der Waals surface area contributed by atoms with Crippen LogP contribution < -0.4 is 5.73 Å². The minimum Gasteiger partial charge on any atom is -0.324 e. The summed E-state index contributed by atoms with van der Waals surface area (Å²) in [5, 5.41) is 1.26. The lowest BCUT2D eigenvalue weighted by atomic mass is 10.2. The lowest BCUT2D eigenvalue weighted by Crippen LogP contribution is -2.09. The Balaban J connectivity index is 0.00000121. The number of halogens is 4. The Hall–Kier alpha value is -0.970. The highest BCUT2D eigenvalue weighted by atomic mass is 35.5. The third-order valence-corrected chi connectivity index (χ3v) is 3.62. The number of fused-ring (bicyclic) bond motifs is 1. The number of nitrogens with zero attached hydrogens (tertiary/aromatic N) is 2. The molecule has 3 aromatic rings. The van der Waals surface area contributed by atoms with Gasteiger partial charge >= 0.3 is 0 Å². The van der Waals surface area contributed by atoms with Gasteiger partial charge in [0, 0.05) is 16.6 Å². The van der Waals surface area contributed by atoms with Crippen molar-refractivity contribution in [2.24, 2.45) is 5.73 Å². The van der Waals surface area contributed by atoms with E-state index in [1.807, 2.05) is 36.4 Å². The van der Waals surface area contributed by atoms with Crippen molar-refractivity contribution in [3.05, 3.63) is 63.9 Å². The summed E-state index contributed by atoms with van der Waals surface area (Å²) in [6.45, 7) is 1.04. The molecule has 0 saturated carbocycles. The van der Waals surface area contributed by atoms with E-state index >= 15 is 0 Å². The molecule has 0 spiro atoms. The minimum atomic E-state index is 0. The lowest BCUT2D eigenvalue weighted by Gasteiger charge is -2.09. The average Bonchev–Trinajstić information content (AvgIpc) is 2.76. The number of rotatable bonds is 3. The lowest BCUT2D eigenvalue weighted by molar-refractivity contribution is 0.744. The van der Waals surface area contributed by atoms with E-state index in [-0.39, 0.29) is 24.8 Å². The van der Waals surface area contributed by atoms with E-state index in [4.69, 9.17) is 28.9 Å². The predicted molar refractivity (Wildman–Crippen MR) is 97.7 cm³/mol. The van der Waals surface area contributed by atoms with Gasteiger partial charge in [0.1, 0.15) is 5.82 Å². The monoisotopic (exact) mass is 377 g/mol. The summed E-state index contributed by atoms with van der Waals surface area (Å²) in [5.74, 6) is 0.849. The van der Waals surface area contributed by atoms with E-state index in [9.17, 15) is 0 Å². The van der Waals surface area contributed by atoms with Crippen molar-refractivity contribution >= 4 is 59.0 Å². The molecule has 0 bridgehead atoms. The third kappa shape index (κ3) is 3.86. The molecule has 1 heterocycles. The number of benzene rings is 2. The molecular formula is C15H15Cl4N3. The summed E-state index contributed by atoms with van der Waals surface area (Å²) in [4.78, 5) is 4.54. The molecule has 0 aliphatic carbocycles. The zero-order valence-electron chi connectivity index (χ0n) is 11.5. The summed E-state index contributed by atoms with van der Waals surface area (Å²) in [5.41, 5.74) is 8.83. The van der Waals surface area contributed by atoms with Crippen molar-refractivity contribution in [2.75, 3.05) is 0 Å². The smallest absolute Gasteiger partial charge is 0.123 e. The average molecular weight is 379 g/mol. The van der Waals surface area contributed by atoms with E-state index < -0.39 is 0 Å². The van der Waals surface area contributed by atoms with Gasteiger partial charge < -0.3 is 10.3 Å². The second-order valence-electron chi connectivity index (χ2n) is 4.58. The minimum absolute atomic E-state index is 0. The maximum Gasteiger partial charge on any atom is 0.123 e. The van der Waals surface area contributed by atoms with Crippen LogP contribution in [0.25, 0.3) is 11.0 Å². The summed E-state index contributed by atoms with van der Waals surface area (Å²) in [6.07, 6.45) is 0. The van der Waals surface area contributed by atoms with Gasteiger partial charge in [-0.05, 0) is 35.9 Å². The molecule has 0 atom stereocenters. The fourth-order valence-corrected chi connectivity index (χ4v) is 2.91. The van der Waals surface area contributed by atoms with Crippen molar-refractivity contribution in [3.63, 3.8) is 0 Å². The molecule has 3 rings (SSSR count). The van der Waals surface area contributed by atoms with E-state index in [0.29, 0.717) is 23.1 Å². The molecule has 22 heavy (non-hydrogen) atoms. The molecule has 2 aromatic carbocycles. The predicted octanol–water partition coefficient (Wildman–Crippen LogP) is 4.69. The van der Waals surface area contributed by atoms with Gasteiger partial charge in [-0.1, -0.05) is 35.3 Å². The van der Waals surface area contributed by atoms with Crippen LogP contribution in [0.2, 0.25) is 10.0 Å². The normalized spacial score (nSPS) is 10.1. The second-order valence-corrected chi connectivity index (χ2v) is 5.46. The van der Waals surface area contributed by atoms with Gasteiger partial charge in [-0.15, -0.1) is 24.8 Å². The van der Waals surface area contributed by atoms with Gasteiger partial charge in [0.15, 0.2) is 0 Å². The summed E-state index contributed by atoms with van der Waals surface area (Å²) >= 11 is 12.1. The van der Waals surface area contributed by atoms with Gasteiger partial charge in [-0.3, -0.25) is 0 Å². The highest BCUT2D eigenvalue weighted by Crippen LogP contribution is 2.22. The molecule has 0 aliphatic rings. The van der Waals surface area contributed by atoms with Crippen LogP contribution in [0.3, 0.4) is 0 Å². The number of hydrogen-bond donors (Lipinski definition) is 1. The van der Waals surface area contributed by atoms with Crippen LogP contribution in [0.15, 0.2) is 42.5 Å². The van der Waals surface area contributed by atoms with Crippen molar-refractivity contribution in [1.82, 2.24) is 9.55 Å². The SMILES string of the molecule is Cl.Cl.NCc1nc2ccccc2n1Cc1cc(Cl)cc(Cl)c1. The third-order valence-electron chi connectivity index (χ3n) is 3.18. The zero-order valence-corrected chi connectivity index (χ0v) is 14.6. The Bertz CT molecular complexity index is 750. The Kier molecular flexibility index (Phi) is 6.98. The topological polar surface area (TPSA) is 43.8 Å². The second kappa shape index (κ2) is 8.04. The van der Waals surface area contributed by atoms with Gasteiger partial charge in [-0.2, -0.15) is 0 Å². The summed E-state index contributed by atoms with van der Waals surface area (Å²) in [6, 6.07) is 13.5. The molecule has 1 aromatic heterocycles. The Labute approximate surface area is 151 Å². The highest BCUT2D eigenvalue weighted by Gasteiger charge is 2.10. The van der Waals surface area contributed by atoms with E-state index in [1.165, 1.54) is 0 Å². The molecule has 0 unspecified atom stereocenters. The maximum atomic E-state index is 6.05. The first-order valence-corrected chi connectivity index (χ1v) is 7.02. The number of aromatic nitrogens is 2. The molecule has 2 N–H and O–H groups in total. The van der Waals surface area contributed by atoms with Crippen LogP contribution in [0.4, 0.5) is 0 Å². The van der Waals surface area contributed by atoms with Crippen LogP contribution in [0.5, 0.6) is 0 Å². The largest absolute Gasteiger partial charge is 0.324 e. The fourth-order valence-electron chi connectivity index (χ4n) is 2.34. The maximum absolute atomic E-state index is 6.05. The van der Waals surface area contributed by atoms with Crippen molar-refractivity contribution < 1.29 is 0 Å². The quantitative estimate of drug-likeness (QED) is 0.718. The Morgan fingerprint density at radius 1 is 1.00 bits per heavy atom. The van der Waals surface area contributed by atoms with Gasteiger partial charge in [0.05, 0.1) is 17.6 Å². The molecule has 0 fully saturated rings. The Morgan fingerprint density at radius 3 is 2.27 bits per heavy atom. The first-order chi connectivity index (χ1) is 9.67. The van der Waals surface area contributed by atoms with Crippen LogP contribution >= 0.6 is 48.0 Å². The molecule has 0 amide bonds. The van der Waals surface area contributed by atoms with Crippen molar-refractivity contribution in [3.8, 4) is 0 Å². The van der Waals surface area contributed by atoms with Crippen molar-refractivity contribution in [2.45, 2.75) is 13.1 Å². The molecule has 0 saturated heterocycles. The number of para-hydroxylation sites is 2. The van der Waals surface area contributed by atoms with Crippen molar-refractivity contribution in [1.29, 1.82) is 0 Å². The van der Waals surface area contributed by atoms with E-state index in [1.54, 1.807) is 6.07 Å². The van der Waals surface area contributed by atoms with Crippen LogP contribution in [0, 0.1) is 0 Å². The number of imidazole rings is 1. The first-order valence-electron chi connectivity index (χ1n) is 6.26. The highest BCUT2D eigenvalue weighted by molar-refractivity contribution is 6.34. The zero-order chi connectivity index (χ0) is 14.1. The molecule has 3 nitrogen and oxygen atoms in total. The van der Waals surface area contributed by atoms with Gasteiger partial charge in [-0.25, -0.2) is 4.98 Å². The summed E-state index contributed by atoms with van der Waals surface area (Å²) < 4.78 is 2.09. The van der Waals surface area contributed by atoms with Gasteiger partial charge in [0.25, 0.3) is 0 Å². The number of nitrogens with two attached hydrogens (primary N) is 1. The summed E-state index contributed by atoms with van der Waals surface area (Å²) in [7, 11) is 0. The van der Waals surface area contributed by atoms with Crippen LogP contribution in [0.1, 0.15) is 11.4 Å². The number of hydrogen-bond acceptors (Lipinski definition) is 2. The molecule has 118 valence electrons. The standard InChI is InChI=1S/C15H13Cl2N3.2ClH/c16-11-5-10(6-12(17)7-11)9-20-14-4-2-1-3-13(14)19-15(20)8-18;;/h1-7H,8-9,18H2;2*1H. The first kappa shape index (κ1) is 19.1. The Morgan fingerprint density at radius 2 is 1.64 bits per heavy atom. The molecule has 7 heteroatoms. The van der Waals surface area contributed by atoms with Crippen LogP contribution in [-0.2, 0) is 13.1 Å².